The van der Waals surface area contributed by atoms with E-state index in [0.29, 0.717) is 25.6 Å². The first-order chi connectivity index (χ1) is 11.3. The van der Waals surface area contributed by atoms with Crippen molar-refractivity contribution < 1.29 is 23.7 Å². The number of hydrogen-bond acceptors (Lipinski definition) is 5. The van der Waals surface area contributed by atoms with Gasteiger partial charge in [-0.25, -0.2) is 0 Å². The van der Waals surface area contributed by atoms with Crippen molar-refractivity contribution in [2.24, 2.45) is 5.92 Å². The molecule has 2 rings (SSSR count). The molecule has 2 N–H and O–H groups in total. The molecule has 7 heteroatoms. The van der Waals surface area contributed by atoms with Gasteiger partial charge < -0.3 is 14.2 Å². The lowest BCUT2D eigenvalue weighted by Crippen LogP contribution is -3.14. The highest BCUT2D eigenvalue weighted by molar-refractivity contribution is 5.90. The Bertz CT molecular complexity index is 577. The van der Waals surface area contributed by atoms with E-state index >= 15 is 0 Å². The standard InChI is InChI=1S/C17H27N3O4/c1-5-23-16(22)12-7-6-8-20(10-12)11-14(21)18-15-9-13(19-24-15)17(2,3)4/h9,12H,5-8,10-11H2,1-4H3,(H,18,21)/p+1/t12-/m0/s1. The first-order valence-electron chi connectivity index (χ1n) is 8.57. The molecule has 2 atom stereocenters. The third-order valence-corrected chi connectivity index (χ3v) is 4.19. The molecule has 2 heterocycles. The Morgan fingerprint density at radius 1 is 1.46 bits per heavy atom. The van der Waals surface area contributed by atoms with E-state index < -0.39 is 0 Å². The molecular formula is C17H28N3O4+. The van der Waals surface area contributed by atoms with Crippen LogP contribution in [0.15, 0.2) is 10.6 Å². The Morgan fingerprint density at radius 2 is 2.21 bits per heavy atom. The van der Waals surface area contributed by atoms with E-state index in [2.05, 4.69) is 10.5 Å². The first kappa shape index (κ1) is 18.4. The number of aromatic nitrogens is 1. The van der Waals surface area contributed by atoms with Crippen LogP contribution in [0, 0.1) is 5.92 Å². The number of ether oxygens (including phenoxy) is 1. The van der Waals surface area contributed by atoms with Gasteiger partial charge in [0.25, 0.3) is 5.91 Å². The van der Waals surface area contributed by atoms with Gasteiger partial charge in [-0.05, 0) is 19.8 Å². The second-order valence-electron chi connectivity index (χ2n) is 7.35. The minimum Gasteiger partial charge on any atom is -0.466 e. The number of hydrogen-bond donors (Lipinski definition) is 2. The number of anilines is 1. The van der Waals surface area contributed by atoms with E-state index in [4.69, 9.17) is 9.26 Å². The van der Waals surface area contributed by atoms with Gasteiger partial charge in [-0.1, -0.05) is 25.9 Å². The number of carbonyl (C=O) groups excluding carboxylic acids is 2. The van der Waals surface area contributed by atoms with Crippen molar-refractivity contribution in [1.82, 2.24) is 5.16 Å². The van der Waals surface area contributed by atoms with Crippen molar-refractivity contribution in [3.8, 4) is 0 Å². The fourth-order valence-electron chi connectivity index (χ4n) is 2.87. The fourth-order valence-corrected chi connectivity index (χ4v) is 2.87. The van der Waals surface area contributed by atoms with E-state index in [9.17, 15) is 9.59 Å². The summed E-state index contributed by atoms with van der Waals surface area (Å²) in [5.41, 5.74) is 0.669. The minimum atomic E-state index is -0.153. The molecule has 1 aromatic rings. The number of rotatable bonds is 5. The average molecular weight is 338 g/mol. The summed E-state index contributed by atoms with van der Waals surface area (Å²) < 4.78 is 10.3. The molecule has 0 aliphatic carbocycles. The number of piperidine rings is 1. The van der Waals surface area contributed by atoms with E-state index in [1.165, 1.54) is 0 Å². The molecule has 1 unspecified atom stereocenters. The van der Waals surface area contributed by atoms with Crippen LogP contribution in [-0.2, 0) is 19.7 Å². The highest BCUT2D eigenvalue weighted by Gasteiger charge is 2.31. The maximum atomic E-state index is 12.2. The SMILES string of the molecule is CCOC(=O)[C@H]1CCC[NH+](CC(=O)Nc2cc(C(C)(C)C)no2)C1. The number of quaternary nitrogens is 1. The van der Waals surface area contributed by atoms with Crippen LogP contribution in [0.1, 0.15) is 46.2 Å². The van der Waals surface area contributed by atoms with Crippen LogP contribution in [0.2, 0.25) is 0 Å². The summed E-state index contributed by atoms with van der Waals surface area (Å²) in [6.45, 7) is 10.1. The molecule has 1 aliphatic heterocycles. The fraction of sp³-hybridized carbons (Fsp3) is 0.706. The summed E-state index contributed by atoms with van der Waals surface area (Å²) in [6, 6.07) is 1.75. The predicted octanol–water partition coefficient (Wildman–Crippen LogP) is 0.769. The molecule has 0 spiro atoms. The van der Waals surface area contributed by atoms with Gasteiger partial charge in [0, 0.05) is 11.5 Å². The lowest BCUT2D eigenvalue weighted by molar-refractivity contribution is -0.899. The van der Waals surface area contributed by atoms with Crippen LogP contribution < -0.4 is 10.2 Å². The van der Waals surface area contributed by atoms with Gasteiger partial charge in [-0.15, -0.1) is 0 Å². The summed E-state index contributed by atoms with van der Waals surface area (Å²) in [5, 5.41) is 6.73. The van der Waals surface area contributed by atoms with Crippen LogP contribution in [-0.4, -0.2) is 43.3 Å². The van der Waals surface area contributed by atoms with Crippen molar-refractivity contribution in [2.45, 2.75) is 46.0 Å². The molecule has 1 aliphatic rings. The Hall–Kier alpha value is -1.89. The van der Waals surface area contributed by atoms with Crippen molar-refractivity contribution in [3.63, 3.8) is 0 Å². The van der Waals surface area contributed by atoms with Crippen molar-refractivity contribution in [2.75, 3.05) is 31.6 Å². The van der Waals surface area contributed by atoms with E-state index in [1.54, 1.807) is 6.07 Å². The average Bonchev–Trinajstić information content (AvgIpc) is 2.96. The van der Waals surface area contributed by atoms with Gasteiger partial charge in [0.15, 0.2) is 6.54 Å². The molecule has 1 saturated heterocycles. The molecule has 0 radical (unpaired) electrons. The van der Waals surface area contributed by atoms with Gasteiger partial charge in [0.2, 0.25) is 5.88 Å². The van der Waals surface area contributed by atoms with Crippen molar-refractivity contribution in [3.05, 3.63) is 11.8 Å². The summed E-state index contributed by atoms with van der Waals surface area (Å²) >= 11 is 0. The number of amides is 1. The van der Waals surface area contributed by atoms with Crippen LogP contribution in [0.25, 0.3) is 0 Å². The maximum absolute atomic E-state index is 12.2. The predicted molar refractivity (Wildman–Crippen MR) is 88.8 cm³/mol. The topological polar surface area (TPSA) is 85.9 Å². The Balaban J connectivity index is 1.85. The minimum absolute atomic E-state index is 0.112. The van der Waals surface area contributed by atoms with E-state index in [-0.39, 0.29) is 23.2 Å². The molecule has 1 amide bonds. The number of likely N-dealkylation sites (tertiary alicyclic amines) is 1. The van der Waals surface area contributed by atoms with Gasteiger partial charge in [-0.2, -0.15) is 0 Å². The van der Waals surface area contributed by atoms with Crippen LogP contribution in [0.5, 0.6) is 0 Å². The third-order valence-electron chi connectivity index (χ3n) is 4.19. The zero-order chi connectivity index (χ0) is 17.7. The van der Waals surface area contributed by atoms with E-state index in [0.717, 1.165) is 30.0 Å². The van der Waals surface area contributed by atoms with E-state index in [1.807, 2.05) is 27.7 Å². The van der Waals surface area contributed by atoms with Crippen LogP contribution >= 0.6 is 0 Å². The molecule has 1 aromatic heterocycles. The number of nitrogens with one attached hydrogen (secondary N) is 2. The molecule has 134 valence electrons. The molecular weight excluding hydrogens is 310 g/mol. The summed E-state index contributed by atoms with van der Waals surface area (Å²) in [7, 11) is 0. The van der Waals surface area contributed by atoms with Gasteiger partial charge in [0.05, 0.1) is 25.4 Å². The summed E-state index contributed by atoms with van der Waals surface area (Å²) in [5.74, 6) is -0.0335. The van der Waals surface area contributed by atoms with Crippen molar-refractivity contribution in [1.29, 1.82) is 0 Å². The Kier molecular flexibility index (Phi) is 5.99. The van der Waals surface area contributed by atoms with Crippen LogP contribution in [0.3, 0.4) is 0 Å². The second-order valence-corrected chi connectivity index (χ2v) is 7.35. The molecule has 0 saturated carbocycles. The smallest absolute Gasteiger partial charge is 0.314 e. The van der Waals surface area contributed by atoms with Crippen LogP contribution in [0.4, 0.5) is 5.88 Å². The van der Waals surface area contributed by atoms with Gasteiger partial charge >= 0.3 is 5.97 Å². The monoisotopic (exact) mass is 338 g/mol. The quantitative estimate of drug-likeness (QED) is 0.775. The van der Waals surface area contributed by atoms with Gasteiger partial charge in [0.1, 0.15) is 5.92 Å². The second kappa shape index (κ2) is 7.79. The number of esters is 1. The lowest BCUT2D eigenvalue weighted by Gasteiger charge is -2.27. The molecule has 1 fully saturated rings. The third kappa shape index (κ3) is 5.06. The number of carbonyl (C=O) groups is 2. The summed E-state index contributed by atoms with van der Waals surface area (Å²) in [4.78, 5) is 25.2. The highest BCUT2D eigenvalue weighted by Crippen LogP contribution is 2.23. The lowest BCUT2D eigenvalue weighted by atomic mass is 9.92. The molecule has 24 heavy (non-hydrogen) atoms. The summed E-state index contributed by atoms with van der Waals surface area (Å²) in [6.07, 6.45) is 1.75. The first-order valence-corrected chi connectivity index (χ1v) is 8.57. The molecule has 7 nitrogen and oxygen atoms in total. The maximum Gasteiger partial charge on any atom is 0.314 e. The molecule has 0 bridgehead atoms. The highest BCUT2D eigenvalue weighted by atomic mass is 16.5. The Labute approximate surface area is 142 Å². The zero-order valence-electron chi connectivity index (χ0n) is 15.0. The largest absolute Gasteiger partial charge is 0.466 e. The normalized spacial score (nSPS) is 21.3. The van der Waals surface area contributed by atoms with Gasteiger partial charge in [-0.3, -0.25) is 14.9 Å². The van der Waals surface area contributed by atoms with Crippen molar-refractivity contribution >= 4 is 17.8 Å². The zero-order valence-corrected chi connectivity index (χ0v) is 15.0. The number of nitrogens with zero attached hydrogens (tertiary/aromatic N) is 1. The molecule has 0 aromatic carbocycles. The Morgan fingerprint density at radius 3 is 2.83 bits per heavy atom.